The van der Waals surface area contributed by atoms with Gasteiger partial charge in [0.2, 0.25) is 0 Å². The van der Waals surface area contributed by atoms with E-state index in [2.05, 4.69) is 9.97 Å². The SMILES string of the molecule is Clc1ccc(Oc2nc(-c3ccccc3)c3cc(Cl)ccc3n2)cc1. The second kappa shape index (κ2) is 6.71. The van der Waals surface area contributed by atoms with Gasteiger partial charge >= 0.3 is 6.01 Å². The minimum Gasteiger partial charge on any atom is -0.424 e. The first-order chi connectivity index (χ1) is 12.2. The topological polar surface area (TPSA) is 35.0 Å². The maximum Gasteiger partial charge on any atom is 0.323 e. The van der Waals surface area contributed by atoms with E-state index in [9.17, 15) is 0 Å². The van der Waals surface area contributed by atoms with Crippen LogP contribution in [0.25, 0.3) is 22.2 Å². The number of hydrogen-bond acceptors (Lipinski definition) is 3. The van der Waals surface area contributed by atoms with Crippen molar-refractivity contribution in [3.63, 3.8) is 0 Å². The van der Waals surface area contributed by atoms with Crippen LogP contribution >= 0.6 is 23.2 Å². The van der Waals surface area contributed by atoms with E-state index in [-0.39, 0.29) is 6.01 Å². The fraction of sp³-hybridized carbons (Fsp3) is 0. The van der Waals surface area contributed by atoms with Crippen molar-refractivity contribution in [3.8, 4) is 23.0 Å². The summed E-state index contributed by atoms with van der Waals surface area (Å²) in [6, 6.07) is 22.8. The standard InChI is InChI=1S/C20H12Cl2N2O/c21-14-6-9-16(10-7-14)25-20-23-18-11-8-15(22)12-17(18)19(24-20)13-4-2-1-3-5-13/h1-12H. The average molecular weight is 367 g/mol. The molecule has 0 atom stereocenters. The number of ether oxygens (including phenoxy) is 1. The highest BCUT2D eigenvalue weighted by atomic mass is 35.5. The number of benzene rings is 3. The molecule has 0 amide bonds. The van der Waals surface area contributed by atoms with Crippen LogP contribution in [0.15, 0.2) is 72.8 Å². The first kappa shape index (κ1) is 15.9. The predicted octanol–water partition coefficient (Wildman–Crippen LogP) is 6.40. The summed E-state index contributed by atoms with van der Waals surface area (Å²) < 4.78 is 5.82. The average Bonchev–Trinajstić information content (AvgIpc) is 2.64. The fourth-order valence-corrected chi connectivity index (χ4v) is 2.85. The molecule has 0 spiro atoms. The highest BCUT2D eigenvalue weighted by molar-refractivity contribution is 6.31. The van der Waals surface area contributed by atoms with Crippen molar-refractivity contribution >= 4 is 34.1 Å². The van der Waals surface area contributed by atoms with E-state index in [0.717, 1.165) is 22.2 Å². The summed E-state index contributed by atoms with van der Waals surface area (Å²) in [4.78, 5) is 9.10. The number of halogens is 2. The largest absolute Gasteiger partial charge is 0.424 e. The van der Waals surface area contributed by atoms with E-state index < -0.39 is 0 Å². The van der Waals surface area contributed by atoms with Gasteiger partial charge in [0.25, 0.3) is 0 Å². The molecule has 0 bridgehead atoms. The highest BCUT2D eigenvalue weighted by Crippen LogP contribution is 2.31. The number of fused-ring (bicyclic) bond motifs is 1. The molecule has 4 rings (SSSR count). The maximum atomic E-state index is 6.16. The lowest BCUT2D eigenvalue weighted by Gasteiger charge is -2.10. The van der Waals surface area contributed by atoms with Gasteiger partial charge in [0.05, 0.1) is 11.2 Å². The van der Waals surface area contributed by atoms with Crippen LogP contribution in [-0.4, -0.2) is 9.97 Å². The number of hydrogen-bond donors (Lipinski definition) is 0. The molecule has 0 fully saturated rings. The van der Waals surface area contributed by atoms with E-state index in [1.165, 1.54) is 0 Å². The van der Waals surface area contributed by atoms with Crippen molar-refractivity contribution in [2.75, 3.05) is 0 Å². The molecule has 25 heavy (non-hydrogen) atoms. The van der Waals surface area contributed by atoms with Crippen LogP contribution in [-0.2, 0) is 0 Å². The Morgan fingerprint density at radius 1 is 0.720 bits per heavy atom. The third-order valence-corrected chi connectivity index (χ3v) is 4.19. The van der Waals surface area contributed by atoms with Gasteiger partial charge in [-0.1, -0.05) is 53.5 Å². The number of aromatic nitrogens is 2. The number of nitrogens with zero attached hydrogens (tertiary/aromatic N) is 2. The summed E-state index contributed by atoms with van der Waals surface area (Å²) in [5, 5.41) is 2.16. The zero-order chi connectivity index (χ0) is 17.2. The van der Waals surface area contributed by atoms with Crippen LogP contribution in [0, 0.1) is 0 Å². The molecule has 0 saturated carbocycles. The summed E-state index contributed by atoms with van der Waals surface area (Å²) in [5.41, 5.74) is 2.51. The molecule has 5 heteroatoms. The van der Waals surface area contributed by atoms with E-state index >= 15 is 0 Å². The van der Waals surface area contributed by atoms with E-state index in [0.29, 0.717) is 15.8 Å². The molecule has 1 aromatic heterocycles. The predicted molar refractivity (Wildman–Crippen MR) is 102 cm³/mol. The van der Waals surface area contributed by atoms with Gasteiger partial charge in [-0.3, -0.25) is 0 Å². The van der Waals surface area contributed by atoms with Crippen molar-refractivity contribution in [1.82, 2.24) is 9.97 Å². The zero-order valence-electron chi connectivity index (χ0n) is 13.0. The lowest BCUT2D eigenvalue weighted by atomic mass is 10.1. The first-order valence-electron chi connectivity index (χ1n) is 7.65. The van der Waals surface area contributed by atoms with Crippen LogP contribution in [0.1, 0.15) is 0 Å². The lowest BCUT2D eigenvalue weighted by Crippen LogP contribution is -1.96. The van der Waals surface area contributed by atoms with Crippen LogP contribution in [0.4, 0.5) is 0 Å². The monoisotopic (exact) mass is 366 g/mol. The Morgan fingerprint density at radius 3 is 2.20 bits per heavy atom. The third-order valence-electron chi connectivity index (χ3n) is 3.71. The molecule has 0 aliphatic rings. The summed E-state index contributed by atoms with van der Waals surface area (Å²) in [7, 11) is 0. The van der Waals surface area contributed by atoms with Gasteiger partial charge < -0.3 is 4.74 Å². The molecule has 122 valence electrons. The summed E-state index contributed by atoms with van der Waals surface area (Å²) in [6.45, 7) is 0. The summed E-state index contributed by atoms with van der Waals surface area (Å²) >= 11 is 12.1. The third kappa shape index (κ3) is 3.43. The highest BCUT2D eigenvalue weighted by Gasteiger charge is 2.12. The van der Waals surface area contributed by atoms with Gasteiger partial charge in [-0.2, -0.15) is 9.97 Å². The van der Waals surface area contributed by atoms with Crippen LogP contribution in [0.5, 0.6) is 11.8 Å². The molecule has 0 unspecified atom stereocenters. The molecule has 0 aliphatic carbocycles. The Bertz CT molecular complexity index is 1030. The van der Waals surface area contributed by atoms with Gasteiger partial charge in [0.15, 0.2) is 0 Å². The van der Waals surface area contributed by atoms with Crippen molar-refractivity contribution < 1.29 is 4.74 Å². The Balaban J connectivity index is 1.86. The molecule has 0 aliphatic heterocycles. The normalized spacial score (nSPS) is 10.8. The Labute approximate surface area is 154 Å². The van der Waals surface area contributed by atoms with Crippen LogP contribution in [0.2, 0.25) is 10.0 Å². The maximum absolute atomic E-state index is 6.16. The number of rotatable bonds is 3. The Morgan fingerprint density at radius 2 is 1.44 bits per heavy atom. The molecule has 3 nitrogen and oxygen atoms in total. The molecule has 0 radical (unpaired) electrons. The molecule has 3 aromatic carbocycles. The van der Waals surface area contributed by atoms with Gasteiger partial charge in [0, 0.05) is 21.0 Å². The van der Waals surface area contributed by atoms with Crippen LogP contribution in [0.3, 0.4) is 0 Å². The van der Waals surface area contributed by atoms with E-state index in [1.807, 2.05) is 42.5 Å². The fourth-order valence-electron chi connectivity index (χ4n) is 2.55. The van der Waals surface area contributed by atoms with Gasteiger partial charge in [-0.05, 0) is 42.5 Å². The zero-order valence-corrected chi connectivity index (χ0v) is 14.5. The molecule has 0 saturated heterocycles. The second-order valence-electron chi connectivity index (χ2n) is 5.44. The Hall–Kier alpha value is -2.62. The van der Waals surface area contributed by atoms with Crippen molar-refractivity contribution in [2.45, 2.75) is 0 Å². The minimum absolute atomic E-state index is 0.274. The second-order valence-corrected chi connectivity index (χ2v) is 6.31. The van der Waals surface area contributed by atoms with Crippen LogP contribution < -0.4 is 4.74 Å². The Kier molecular flexibility index (Phi) is 4.26. The van der Waals surface area contributed by atoms with Crippen molar-refractivity contribution in [1.29, 1.82) is 0 Å². The molecular formula is C20H12Cl2N2O. The van der Waals surface area contributed by atoms with Crippen molar-refractivity contribution in [3.05, 3.63) is 82.8 Å². The minimum atomic E-state index is 0.274. The summed E-state index contributed by atoms with van der Waals surface area (Å²) in [5.74, 6) is 0.622. The van der Waals surface area contributed by atoms with Gasteiger partial charge in [0.1, 0.15) is 5.75 Å². The molecule has 4 aromatic rings. The molecular weight excluding hydrogens is 355 g/mol. The van der Waals surface area contributed by atoms with E-state index in [1.54, 1.807) is 30.3 Å². The first-order valence-corrected chi connectivity index (χ1v) is 8.41. The summed E-state index contributed by atoms with van der Waals surface area (Å²) in [6.07, 6.45) is 0. The van der Waals surface area contributed by atoms with Gasteiger partial charge in [-0.15, -0.1) is 0 Å². The quantitative estimate of drug-likeness (QED) is 0.420. The van der Waals surface area contributed by atoms with E-state index in [4.69, 9.17) is 27.9 Å². The smallest absolute Gasteiger partial charge is 0.323 e. The molecule has 0 N–H and O–H groups in total. The molecule has 1 heterocycles. The van der Waals surface area contributed by atoms with Gasteiger partial charge in [-0.25, -0.2) is 0 Å². The van der Waals surface area contributed by atoms with Crippen molar-refractivity contribution in [2.24, 2.45) is 0 Å². The lowest BCUT2D eigenvalue weighted by molar-refractivity contribution is 0.445.